The van der Waals surface area contributed by atoms with Crippen LogP contribution in [-0.2, 0) is 25.6 Å². The molecule has 0 amide bonds. The first-order chi connectivity index (χ1) is 13.9. The molecule has 29 heavy (non-hydrogen) atoms. The van der Waals surface area contributed by atoms with Crippen LogP contribution < -0.4 is 0 Å². The predicted octanol–water partition coefficient (Wildman–Crippen LogP) is 3.41. The summed E-state index contributed by atoms with van der Waals surface area (Å²) in [5, 5.41) is 0. The number of esters is 1. The zero-order valence-corrected chi connectivity index (χ0v) is 17.4. The zero-order chi connectivity index (χ0) is 20.5. The van der Waals surface area contributed by atoms with Crippen LogP contribution in [0.3, 0.4) is 0 Å². The second kappa shape index (κ2) is 8.42. The summed E-state index contributed by atoms with van der Waals surface area (Å²) < 4.78 is 13.2. The summed E-state index contributed by atoms with van der Waals surface area (Å²) in [6, 6.07) is 1.88. The van der Waals surface area contributed by atoms with Gasteiger partial charge >= 0.3 is 5.97 Å². The van der Waals surface area contributed by atoms with Crippen LogP contribution in [0.5, 0.6) is 0 Å². The van der Waals surface area contributed by atoms with E-state index in [0.717, 1.165) is 56.6 Å². The number of carbonyl (C=O) groups is 3. The number of Topliss-reactive ketones (excluding diaryl/α,β-unsaturated/α-hetero) is 2. The summed E-state index contributed by atoms with van der Waals surface area (Å²) in [5.41, 5.74) is 2.53. The van der Waals surface area contributed by atoms with Gasteiger partial charge in [0.2, 0.25) is 5.78 Å². The summed E-state index contributed by atoms with van der Waals surface area (Å²) in [6.45, 7) is 5.25. The topological polar surface area (TPSA) is 74.6 Å². The van der Waals surface area contributed by atoms with Gasteiger partial charge in [0.15, 0.2) is 6.61 Å². The van der Waals surface area contributed by atoms with Gasteiger partial charge in [0.25, 0.3) is 0 Å². The molecule has 0 radical (unpaired) electrons. The first-order valence-corrected chi connectivity index (χ1v) is 11.0. The molecule has 0 spiro atoms. The highest BCUT2D eigenvalue weighted by atomic mass is 16.5. The Bertz CT molecular complexity index is 788. The van der Waals surface area contributed by atoms with Crippen molar-refractivity contribution in [2.75, 3.05) is 13.2 Å². The lowest BCUT2D eigenvalue weighted by Crippen LogP contribution is -2.39. The molecule has 2 saturated carbocycles. The Kier molecular flexibility index (Phi) is 5.91. The minimum atomic E-state index is -0.323. The fourth-order valence-corrected chi connectivity index (χ4v) is 5.36. The van der Waals surface area contributed by atoms with E-state index in [-0.39, 0.29) is 42.2 Å². The summed E-state index contributed by atoms with van der Waals surface area (Å²) >= 11 is 0. The normalized spacial score (nSPS) is 29.1. The van der Waals surface area contributed by atoms with E-state index < -0.39 is 0 Å². The molecule has 0 aromatic carbocycles. The highest BCUT2D eigenvalue weighted by Gasteiger charge is 2.42. The lowest BCUT2D eigenvalue weighted by Gasteiger charge is -2.36. The first-order valence-electron chi connectivity index (χ1n) is 11.0. The summed E-state index contributed by atoms with van der Waals surface area (Å²) in [5.74, 6) is -0.397. The average molecular weight is 402 g/mol. The summed E-state index contributed by atoms with van der Waals surface area (Å²) in [6.07, 6.45) is 6.33. The maximum atomic E-state index is 12.7. The fourth-order valence-electron chi connectivity index (χ4n) is 5.36. The lowest BCUT2D eigenvalue weighted by molar-refractivity contribution is -0.152. The monoisotopic (exact) mass is 401 g/mol. The highest BCUT2D eigenvalue weighted by Crippen LogP contribution is 2.40. The molecule has 1 saturated heterocycles. The van der Waals surface area contributed by atoms with Crippen LogP contribution >= 0.6 is 0 Å². The van der Waals surface area contributed by atoms with E-state index in [9.17, 15) is 14.4 Å². The molecule has 6 heteroatoms. The third kappa shape index (κ3) is 4.18. The molecule has 4 atom stereocenters. The van der Waals surface area contributed by atoms with Crippen molar-refractivity contribution in [1.29, 1.82) is 0 Å². The Morgan fingerprint density at radius 3 is 2.52 bits per heavy atom. The maximum absolute atomic E-state index is 12.7. The van der Waals surface area contributed by atoms with E-state index in [1.165, 1.54) is 0 Å². The van der Waals surface area contributed by atoms with E-state index in [0.29, 0.717) is 24.2 Å². The van der Waals surface area contributed by atoms with Gasteiger partial charge in [-0.2, -0.15) is 0 Å². The number of aryl methyl sites for hydroxylation is 1. The van der Waals surface area contributed by atoms with Crippen molar-refractivity contribution in [3.05, 3.63) is 23.0 Å². The number of hydrogen-bond acceptors (Lipinski definition) is 5. The van der Waals surface area contributed by atoms with Crippen LogP contribution in [0.4, 0.5) is 0 Å². The number of nitrogens with zero attached hydrogens (tertiary/aromatic N) is 1. The second-order valence-electron chi connectivity index (χ2n) is 8.96. The standard InChI is InChI=1S/C23H31NO5/c1-14-9-20(15(2)24(14)12-19-7-4-8-28-19)21(25)13-29-23(27)18-10-16-5-3-6-17(11-18)22(16)26/h9,16-19H,3-8,10-13H2,1-2H3/t16-,17+,18?,19-/m0/s1. The molecule has 3 aliphatic rings. The Balaban J connectivity index is 1.35. The van der Waals surface area contributed by atoms with E-state index >= 15 is 0 Å². The molecule has 0 N–H and O–H groups in total. The third-order valence-electron chi connectivity index (χ3n) is 7.01. The number of ether oxygens (including phenoxy) is 2. The molecule has 3 fully saturated rings. The van der Waals surface area contributed by atoms with Crippen molar-refractivity contribution in [3.63, 3.8) is 0 Å². The van der Waals surface area contributed by atoms with Gasteiger partial charge in [0, 0.05) is 41.9 Å². The largest absolute Gasteiger partial charge is 0.457 e. The first kappa shape index (κ1) is 20.3. The number of aromatic nitrogens is 1. The Labute approximate surface area is 171 Å². The smallest absolute Gasteiger partial charge is 0.309 e. The number of fused-ring (bicyclic) bond motifs is 2. The maximum Gasteiger partial charge on any atom is 0.309 e. The summed E-state index contributed by atoms with van der Waals surface area (Å²) in [4.78, 5) is 37.5. The van der Waals surface area contributed by atoms with Crippen LogP contribution in [0.15, 0.2) is 6.07 Å². The zero-order valence-electron chi connectivity index (χ0n) is 17.4. The van der Waals surface area contributed by atoms with Crippen LogP contribution in [0, 0.1) is 31.6 Å². The van der Waals surface area contributed by atoms with Gasteiger partial charge in [-0.1, -0.05) is 6.42 Å². The highest BCUT2D eigenvalue weighted by molar-refractivity contribution is 5.99. The van der Waals surface area contributed by atoms with Gasteiger partial charge in [0.05, 0.1) is 12.0 Å². The molecular weight excluding hydrogens is 370 g/mol. The lowest BCUT2D eigenvalue weighted by atomic mass is 9.67. The molecule has 1 aliphatic heterocycles. The molecule has 2 bridgehead atoms. The number of rotatable bonds is 6. The molecule has 4 rings (SSSR count). The molecular formula is C23H31NO5. The van der Waals surface area contributed by atoms with E-state index in [2.05, 4.69) is 4.57 Å². The van der Waals surface area contributed by atoms with Gasteiger partial charge in [0.1, 0.15) is 5.78 Å². The van der Waals surface area contributed by atoms with Gasteiger partial charge < -0.3 is 14.0 Å². The van der Waals surface area contributed by atoms with Gasteiger partial charge in [-0.25, -0.2) is 0 Å². The van der Waals surface area contributed by atoms with Crippen molar-refractivity contribution in [2.24, 2.45) is 17.8 Å². The van der Waals surface area contributed by atoms with Crippen LogP contribution in [0.2, 0.25) is 0 Å². The molecule has 1 unspecified atom stereocenters. The average Bonchev–Trinajstić information content (AvgIpc) is 3.29. The fraction of sp³-hybridized carbons (Fsp3) is 0.696. The van der Waals surface area contributed by atoms with Crippen molar-refractivity contribution >= 4 is 17.5 Å². The van der Waals surface area contributed by atoms with Gasteiger partial charge in [-0.15, -0.1) is 0 Å². The molecule has 1 aromatic heterocycles. The number of ketones is 2. The van der Waals surface area contributed by atoms with Crippen LogP contribution in [0.1, 0.15) is 66.7 Å². The van der Waals surface area contributed by atoms with E-state index in [4.69, 9.17) is 9.47 Å². The van der Waals surface area contributed by atoms with Crippen molar-refractivity contribution < 1.29 is 23.9 Å². The van der Waals surface area contributed by atoms with Crippen LogP contribution in [0.25, 0.3) is 0 Å². The van der Waals surface area contributed by atoms with E-state index in [1.807, 2.05) is 19.9 Å². The quantitative estimate of drug-likeness (QED) is 0.539. The van der Waals surface area contributed by atoms with Crippen molar-refractivity contribution in [1.82, 2.24) is 4.57 Å². The van der Waals surface area contributed by atoms with Crippen molar-refractivity contribution in [2.45, 2.75) is 71.4 Å². The Hall–Kier alpha value is -1.95. The number of carbonyl (C=O) groups excluding carboxylic acids is 3. The minimum absolute atomic E-state index is 0.00693. The Morgan fingerprint density at radius 2 is 1.86 bits per heavy atom. The molecule has 2 heterocycles. The van der Waals surface area contributed by atoms with E-state index in [1.54, 1.807) is 0 Å². The molecule has 158 valence electrons. The predicted molar refractivity (Wildman–Crippen MR) is 107 cm³/mol. The Morgan fingerprint density at radius 1 is 1.14 bits per heavy atom. The third-order valence-corrected chi connectivity index (χ3v) is 7.01. The summed E-state index contributed by atoms with van der Waals surface area (Å²) in [7, 11) is 0. The van der Waals surface area contributed by atoms with Gasteiger partial charge in [-0.05, 0) is 58.4 Å². The molecule has 6 nitrogen and oxygen atoms in total. The second-order valence-corrected chi connectivity index (χ2v) is 8.96. The minimum Gasteiger partial charge on any atom is -0.457 e. The number of hydrogen-bond donors (Lipinski definition) is 0. The molecule has 1 aromatic rings. The van der Waals surface area contributed by atoms with Crippen LogP contribution in [-0.4, -0.2) is 41.4 Å². The van der Waals surface area contributed by atoms with Crippen molar-refractivity contribution in [3.8, 4) is 0 Å². The SMILES string of the molecule is Cc1cc(C(=O)COC(=O)C2C[C@H]3CCC[C@@H](C2)C3=O)c(C)n1C[C@@H]1CCCO1. The molecule has 2 aliphatic carbocycles. The van der Waals surface area contributed by atoms with Gasteiger partial charge in [-0.3, -0.25) is 14.4 Å².